The van der Waals surface area contributed by atoms with Crippen LogP contribution < -0.4 is 20.4 Å². The van der Waals surface area contributed by atoms with Crippen LogP contribution in [0.2, 0.25) is 0 Å². The molecule has 3 rings (SSSR count). The van der Waals surface area contributed by atoms with Crippen LogP contribution in [0, 0.1) is 0 Å². The van der Waals surface area contributed by atoms with Crippen LogP contribution in [0.3, 0.4) is 0 Å². The summed E-state index contributed by atoms with van der Waals surface area (Å²) in [5, 5.41) is 3.56. The summed E-state index contributed by atoms with van der Waals surface area (Å²) in [4.78, 5) is 20.9. The Morgan fingerprint density at radius 3 is 2.89 bits per heavy atom. The van der Waals surface area contributed by atoms with Crippen molar-refractivity contribution in [2.24, 2.45) is 7.05 Å². The maximum atomic E-state index is 12.6. The number of thioether (sulfide) groups is 1. The Kier molecular flexibility index (Phi) is 5.50. The molecule has 3 aromatic rings. The first-order valence-corrected chi connectivity index (χ1v) is 9.72. The summed E-state index contributed by atoms with van der Waals surface area (Å²) in [5.74, 6) is 1.53. The van der Waals surface area contributed by atoms with Crippen LogP contribution in [0.15, 0.2) is 29.4 Å². The van der Waals surface area contributed by atoms with Gasteiger partial charge >= 0.3 is 0 Å². The van der Waals surface area contributed by atoms with Crippen molar-refractivity contribution in [3.8, 4) is 5.75 Å². The highest BCUT2D eigenvalue weighted by molar-refractivity contribution is 7.98. The molecule has 142 valence electrons. The van der Waals surface area contributed by atoms with E-state index < -0.39 is 0 Å². The number of aromatic nitrogens is 4. The SMILES string of the molecule is CCn1c(CNC(=O)c2nc(SC)cnc2N)[n+](C)c2ccc(OC)cc21. The van der Waals surface area contributed by atoms with E-state index in [2.05, 4.69) is 31.3 Å². The van der Waals surface area contributed by atoms with Gasteiger partial charge in [-0.05, 0) is 25.3 Å². The van der Waals surface area contributed by atoms with E-state index in [9.17, 15) is 4.79 Å². The maximum absolute atomic E-state index is 12.6. The van der Waals surface area contributed by atoms with Crippen molar-refractivity contribution in [1.29, 1.82) is 0 Å². The fourth-order valence-corrected chi connectivity index (χ4v) is 3.39. The van der Waals surface area contributed by atoms with Crippen molar-refractivity contribution < 1.29 is 14.1 Å². The number of amides is 1. The number of ether oxygens (including phenoxy) is 1. The van der Waals surface area contributed by atoms with Crippen molar-refractivity contribution in [3.63, 3.8) is 0 Å². The molecule has 0 saturated carbocycles. The van der Waals surface area contributed by atoms with Crippen molar-refractivity contribution >= 4 is 34.5 Å². The molecule has 9 heteroatoms. The minimum Gasteiger partial charge on any atom is -0.497 e. The Hall–Kier alpha value is -2.81. The van der Waals surface area contributed by atoms with Gasteiger partial charge in [0.1, 0.15) is 17.3 Å². The van der Waals surface area contributed by atoms with Gasteiger partial charge in [-0.3, -0.25) is 4.79 Å². The van der Waals surface area contributed by atoms with Crippen molar-refractivity contribution in [1.82, 2.24) is 19.9 Å². The summed E-state index contributed by atoms with van der Waals surface area (Å²) in [5.41, 5.74) is 8.08. The molecule has 1 aromatic carbocycles. The number of nitrogens with zero attached hydrogens (tertiary/aromatic N) is 4. The molecule has 0 unspecified atom stereocenters. The minimum atomic E-state index is -0.346. The van der Waals surface area contributed by atoms with Gasteiger partial charge in [0.25, 0.3) is 11.7 Å². The van der Waals surface area contributed by atoms with Crippen LogP contribution in [-0.2, 0) is 20.1 Å². The van der Waals surface area contributed by atoms with Gasteiger partial charge in [-0.15, -0.1) is 11.8 Å². The molecular formula is C18H23N6O2S+. The third kappa shape index (κ3) is 3.55. The summed E-state index contributed by atoms with van der Waals surface area (Å²) in [7, 11) is 3.63. The number of imidazole rings is 1. The van der Waals surface area contributed by atoms with Gasteiger partial charge < -0.3 is 15.8 Å². The number of nitrogen functional groups attached to an aromatic ring is 1. The standard InChI is InChI=1S/C18H22N6O2S/c1-5-24-13-8-11(26-3)6-7-12(13)23(2)15(24)10-21-18(25)16-17(19)20-9-14(22-16)27-4/h6-9H,5,10H2,1-4H3,(H2-,19,20,21,25)/p+1. The Labute approximate surface area is 161 Å². The normalized spacial score (nSPS) is 11.0. The van der Waals surface area contributed by atoms with E-state index >= 15 is 0 Å². The number of hydrogen-bond donors (Lipinski definition) is 2. The van der Waals surface area contributed by atoms with Crippen LogP contribution in [0.4, 0.5) is 5.82 Å². The van der Waals surface area contributed by atoms with Crippen LogP contribution in [0.5, 0.6) is 5.75 Å². The third-order valence-electron chi connectivity index (χ3n) is 4.46. The van der Waals surface area contributed by atoms with Crippen LogP contribution in [0.25, 0.3) is 11.0 Å². The van der Waals surface area contributed by atoms with Gasteiger partial charge in [0.05, 0.1) is 26.9 Å². The van der Waals surface area contributed by atoms with Gasteiger partial charge in [-0.25, -0.2) is 19.1 Å². The third-order valence-corrected chi connectivity index (χ3v) is 5.07. The largest absolute Gasteiger partial charge is 0.497 e. The second-order valence-electron chi connectivity index (χ2n) is 5.90. The average molecular weight is 387 g/mol. The van der Waals surface area contributed by atoms with E-state index in [-0.39, 0.29) is 17.4 Å². The average Bonchev–Trinajstić information content (AvgIpc) is 2.96. The number of rotatable bonds is 6. The predicted molar refractivity (Wildman–Crippen MR) is 105 cm³/mol. The van der Waals surface area contributed by atoms with Crippen molar-refractivity contribution in [2.45, 2.75) is 25.0 Å². The maximum Gasteiger partial charge on any atom is 0.276 e. The fourth-order valence-electron chi connectivity index (χ4n) is 3.05. The topological polar surface area (TPSA) is 98.9 Å². The Bertz CT molecular complexity index is 1000. The number of benzene rings is 1. The number of nitrogens with two attached hydrogens (primary N) is 1. The van der Waals surface area contributed by atoms with E-state index in [0.717, 1.165) is 29.2 Å². The number of hydrogen-bond acceptors (Lipinski definition) is 6. The molecule has 3 N–H and O–H groups in total. The quantitative estimate of drug-likeness (QED) is 0.491. The van der Waals surface area contributed by atoms with Gasteiger partial charge in [0.15, 0.2) is 22.5 Å². The number of fused-ring (bicyclic) bond motifs is 1. The lowest BCUT2D eigenvalue weighted by molar-refractivity contribution is -0.654. The highest BCUT2D eigenvalue weighted by atomic mass is 32.2. The molecule has 0 spiro atoms. The van der Waals surface area contributed by atoms with Gasteiger partial charge in [0, 0.05) is 6.07 Å². The lowest BCUT2D eigenvalue weighted by Gasteiger charge is -2.07. The zero-order valence-electron chi connectivity index (χ0n) is 15.8. The number of aryl methyl sites for hydroxylation is 2. The van der Waals surface area contributed by atoms with E-state index in [1.807, 2.05) is 31.5 Å². The van der Waals surface area contributed by atoms with E-state index in [1.165, 1.54) is 11.8 Å². The van der Waals surface area contributed by atoms with Gasteiger partial charge in [-0.1, -0.05) is 0 Å². The molecule has 0 atom stereocenters. The Balaban J connectivity index is 1.91. The van der Waals surface area contributed by atoms with Crippen LogP contribution in [-0.4, -0.2) is 33.8 Å². The number of methoxy groups -OCH3 is 1. The molecule has 2 aromatic heterocycles. The zero-order valence-corrected chi connectivity index (χ0v) is 16.6. The molecule has 0 aliphatic carbocycles. The molecule has 1 amide bonds. The second-order valence-corrected chi connectivity index (χ2v) is 6.73. The molecule has 0 bridgehead atoms. The minimum absolute atomic E-state index is 0.121. The van der Waals surface area contributed by atoms with E-state index in [1.54, 1.807) is 13.3 Å². The lowest BCUT2D eigenvalue weighted by atomic mass is 10.3. The Morgan fingerprint density at radius 1 is 1.44 bits per heavy atom. The van der Waals surface area contributed by atoms with Gasteiger partial charge in [-0.2, -0.15) is 0 Å². The number of carbonyl (C=O) groups excluding carboxylic acids is 1. The molecule has 0 aliphatic heterocycles. The highest BCUT2D eigenvalue weighted by Crippen LogP contribution is 2.21. The van der Waals surface area contributed by atoms with Gasteiger partial charge in [0.2, 0.25) is 0 Å². The molecule has 27 heavy (non-hydrogen) atoms. The van der Waals surface area contributed by atoms with E-state index in [4.69, 9.17) is 10.5 Å². The van der Waals surface area contributed by atoms with E-state index in [0.29, 0.717) is 11.6 Å². The van der Waals surface area contributed by atoms with Crippen LogP contribution in [0.1, 0.15) is 23.2 Å². The summed E-state index contributed by atoms with van der Waals surface area (Å²) in [6.07, 6.45) is 3.43. The summed E-state index contributed by atoms with van der Waals surface area (Å²) < 4.78 is 9.54. The number of nitrogens with one attached hydrogen (secondary N) is 1. The first-order valence-electron chi connectivity index (χ1n) is 8.50. The van der Waals surface area contributed by atoms with Crippen molar-refractivity contribution in [3.05, 3.63) is 35.9 Å². The lowest BCUT2D eigenvalue weighted by Crippen LogP contribution is -2.38. The summed E-state index contributed by atoms with van der Waals surface area (Å²) in [6.45, 7) is 3.17. The first kappa shape index (κ1) is 19.0. The molecule has 8 nitrogen and oxygen atoms in total. The number of anilines is 1. The zero-order chi connectivity index (χ0) is 19.6. The Morgan fingerprint density at radius 2 is 2.22 bits per heavy atom. The predicted octanol–water partition coefficient (Wildman–Crippen LogP) is 1.52. The number of carbonyl (C=O) groups is 1. The summed E-state index contributed by atoms with van der Waals surface area (Å²) >= 11 is 1.41. The molecule has 0 saturated heterocycles. The monoisotopic (exact) mass is 387 g/mol. The molecule has 0 fully saturated rings. The fraction of sp³-hybridized carbons (Fsp3) is 0.333. The van der Waals surface area contributed by atoms with Crippen molar-refractivity contribution in [2.75, 3.05) is 19.1 Å². The summed E-state index contributed by atoms with van der Waals surface area (Å²) in [6, 6.07) is 5.93. The molecule has 2 heterocycles. The first-order chi connectivity index (χ1) is 13.0. The molecule has 0 radical (unpaired) electrons. The second kappa shape index (κ2) is 7.83. The molecular weight excluding hydrogens is 364 g/mol. The highest BCUT2D eigenvalue weighted by Gasteiger charge is 2.23. The van der Waals surface area contributed by atoms with Crippen LogP contribution >= 0.6 is 11.8 Å². The smallest absolute Gasteiger partial charge is 0.276 e. The molecule has 0 aliphatic rings.